The summed E-state index contributed by atoms with van der Waals surface area (Å²) in [6, 6.07) is 8.99. The molecule has 1 N–H and O–H groups in total. The van der Waals surface area contributed by atoms with Crippen LogP contribution in [-0.4, -0.2) is 45.0 Å². The van der Waals surface area contributed by atoms with E-state index in [1.807, 2.05) is 0 Å². The van der Waals surface area contributed by atoms with Gasteiger partial charge in [0.25, 0.3) is 10.0 Å². The molecule has 0 fully saturated rings. The number of ether oxygens (including phenoxy) is 2. The third-order valence-electron chi connectivity index (χ3n) is 6.14. The molecule has 0 saturated heterocycles. The van der Waals surface area contributed by atoms with Crippen LogP contribution in [0.2, 0.25) is 5.02 Å². The zero-order valence-electron chi connectivity index (χ0n) is 24.6. The average molecular weight is 673 g/mol. The lowest BCUT2D eigenvalue weighted by Crippen LogP contribution is -2.45. The fourth-order valence-electron chi connectivity index (χ4n) is 4.20. The highest BCUT2D eigenvalue weighted by Crippen LogP contribution is 2.37. The quantitative estimate of drug-likeness (QED) is 0.219. The van der Waals surface area contributed by atoms with Crippen LogP contribution < -0.4 is 9.62 Å². The summed E-state index contributed by atoms with van der Waals surface area (Å²) in [6.45, 7) is 6.44. The minimum absolute atomic E-state index is 0.0123. The third-order valence-corrected chi connectivity index (χ3v) is 9.38. The highest BCUT2D eigenvalue weighted by molar-refractivity contribution is 7.98. The predicted octanol–water partition coefficient (Wildman–Crippen LogP) is 7.01. The highest BCUT2D eigenvalue weighted by Gasteiger charge is 2.34. The first-order valence-corrected chi connectivity index (χ1v) is 16.2. The van der Waals surface area contributed by atoms with E-state index in [4.69, 9.17) is 21.1 Å². The Labute approximate surface area is 263 Å². The maximum Gasteiger partial charge on any atom is 0.408 e. The SMILES string of the molecule is COC(=O)[C@H](CSCc1cc(F)ccc1[C@@H](C)N(c1cc(F)ccc1F)S(=O)(=O)c1ccc(Cl)cc1)NC(=O)OC(C)(C)C. The van der Waals surface area contributed by atoms with Crippen LogP contribution in [0.15, 0.2) is 65.6 Å². The predicted molar refractivity (Wildman–Crippen MR) is 164 cm³/mol. The molecular formula is C30H32ClF3N2O6S2. The number of nitrogens with one attached hydrogen (secondary N) is 1. The van der Waals surface area contributed by atoms with Crippen molar-refractivity contribution in [3.05, 3.63) is 94.3 Å². The maximum atomic E-state index is 15.1. The van der Waals surface area contributed by atoms with Crippen molar-refractivity contribution in [1.29, 1.82) is 0 Å². The summed E-state index contributed by atoms with van der Waals surface area (Å²) in [5.41, 5.74) is -0.766. The van der Waals surface area contributed by atoms with E-state index in [0.717, 1.165) is 47.4 Å². The standard InChI is InChI=1S/C30H32ClF3N2O6S2/c1-18(36(27-15-22(33)9-13-25(27)34)44(39,40)23-10-6-20(31)7-11-23)24-12-8-21(32)14-19(24)16-43-17-26(28(37)41-5)35-29(38)42-30(2,3)4/h6-15,18,26H,16-17H2,1-5H3,(H,35,38)/t18-,26+/m1/s1. The fraction of sp³-hybridized carbons (Fsp3) is 0.333. The number of rotatable bonds is 11. The molecule has 238 valence electrons. The molecule has 3 rings (SSSR count). The zero-order chi connectivity index (χ0) is 32.8. The zero-order valence-corrected chi connectivity index (χ0v) is 27.0. The topological polar surface area (TPSA) is 102 Å². The van der Waals surface area contributed by atoms with E-state index in [1.54, 1.807) is 20.8 Å². The number of hydrogen-bond acceptors (Lipinski definition) is 7. The van der Waals surface area contributed by atoms with Gasteiger partial charge in [0.1, 0.15) is 29.1 Å². The summed E-state index contributed by atoms with van der Waals surface area (Å²) in [5, 5.41) is 2.72. The molecule has 0 saturated carbocycles. The lowest BCUT2D eigenvalue weighted by Gasteiger charge is -2.32. The van der Waals surface area contributed by atoms with Crippen LogP contribution in [0.3, 0.4) is 0 Å². The van der Waals surface area contributed by atoms with Gasteiger partial charge in [-0.2, -0.15) is 11.8 Å². The van der Waals surface area contributed by atoms with Gasteiger partial charge in [-0.25, -0.2) is 31.2 Å². The van der Waals surface area contributed by atoms with E-state index < -0.39 is 62.9 Å². The van der Waals surface area contributed by atoms with E-state index in [2.05, 4.69) is 5.32 Å². The third kappa shape index (κ3) is 9.05. The van der Waals surface area contributed by atoms with Crippen molar-refractivity contribution < 1.29 is 40.7 Å². The first-order chi connectivity index (χ1) is 20.5. The highest BCUT2D eigenvalue weighted by atomic mass is 35.5. The van der Waals surface area contributed by atoms with Gasteiger partial charge in [0.05, 0.1) is 23.7 Å². The number of hydrogen-bond donors (Lipinski definition) is 1. The molecule has 44 heavy (non-hydrogen) atoms. The van der Waals surface area contributed by atoms with Crippen LogP contribution in [-0.2, 0) is 30.0 Å². The number of sulfonamides is 1. The van der Waals surface area contributed by atoms with Crippen LogP contribution in [0.4, 0.5) is 23.7 Å². The van der Waals surface area contributed by atoms with Crippen molar-refractivity contribution in [2.24, 2.45) is 0 Å². The molecule has 0 heterocycles. The second kappa shape index (κ2) is 14.6. The van der Waals surface area contributed by atoms with Gasteiger partial charge in [-0.15, -0.1) is 0 Å². The number of esters is 1. The number of halogens is 4. The van der Waals surface area contributed by atoms with Crippen LogP contribution in [0.1, 0.15) is 44.9 Å². The Balaban J connectivity index is 1.98. The number of nitrogens with zero attached hydrogens (tertiary/aromatic N) is 1. The Hall–Kier alpha value is -3.42. The van der Waals surface area contributed by atoms with Gasteiger partial charge in [0, 0.05) is 22.6 Å². The molecule has 14 heteroatoms. The minimum atomic E-state index is -4.52. The first-order valence-electron chi connectivity index (χ1n) is 13.2. The molecule has 1 amide bonds. The molecule has 0 aliphatic heterocycles. The second-order valence-corrected chi connectivity index (χ2v) is 13.9. The number of carbonyl (C=O) groups excluding carboxylic acids is 2. The summed E-state index contributed by atoms with van der Waals surface area (Å²) in [6.07, 6.45) is -0.839. The van der Waals surface area contributed by atoms with Crippen LogP contribution in [0.5, 0.6) is 0 Å². The molecule has 2 atom stereocenters. The molecule has 3 aromatic carbocycles. The minimum Gasteiger partial charge on any atom is -0.467 e. The Morgan fingerprint density at radius 1 is 1.00 bits per heavy atom. The second-order valence-electron chi connectivity index (χ2n) is 10.6. The number of alkyl carbamates (subject to hydrolysis) is 1. The van der Waals surface area contributed by atoms with Crippen LogP contribution in [0, 0.1) is 17.5 Å². The smallest absolute Gasteiger partial charge is 0.408 e. The number of anilines is 1. The Bertz CT molecular complexity index is 1600. The number of methoxy groups -OCH3 is 1. The normalized spacial score (nSPS) is 13.1. The van der Waals surface area contributed by atoms with Gasteiger partial charge in [-0.1, -0.05) is 17.7 Å². The molecule has 0 aromatic heterocycles. The lowest BCUT2D eigenvalue weighted by molar-refractivity contribution is -0.142. The van der Waals surface area contributed by atoms with Crippen LogP contribution in [0.25, 0.3) is 0 Å². The number of benzene rings is 3. The van der Waals surface area contributed by atoms with Crippen molar-refractivity contribution in [2.45, 2.75) is 56.0 Å². The van der Waals surface area contributed by atoms with E-state index >= 15 is 4.39 Å². The van der Waals surface area contributed by atoms with Crippen molar-refractivity contribution in [2.75, 3.05) is 17.2 Å². The molecule has 3 aromatic rings. The van der Waals surface area contributed by atoms with E-state index in [-0.39, 0.29) is 27.0 Å². The Morgan fingerprint density at radius 3 is 2.23 bits per heavy atom. The molecule has 0 aliphatic rings. The number of carbonyl (C=O) groups is 2. The number of thioether (sulfide) groups is 1. The molecule has 0 radical (unpaired) electrons. The van der Waals surface area contributed by atoms with E-state index in [0.29, 0.717) is 5.56 Å². The van der Waals surface area contributed by atoms with Crippen LogP contribution >= 0.6 is 23.4 Å². The Kier molecular flexibility index (Phi) is 11.6. The summed E-state index contributed by atoms with van der Waals surface area (Å²) in [7, 11) is -3.36. The number of amides is 1. The monoisotopic (exact) mass is 672 g/mol. The average Bonchev–Trinajstić information content (AvgIpc) is 2.93. The van der Waals surface area contributed by atoms with Crippen molar-refractivity contribution in [3.63, 3.8) is 0 Å². The largest absolute Gasteiger partial charge is 0.467 e. The molecule has 0 bridgehead atoms. The summed E-state index contributed by atoms with van der Waals surface area (Å²) < 4.78 is 82.5. The fourth-order valence-corrected chi connectivity index (χ4v) is 7.01. The summed E-state index contributed by atoms with van der Waals surface area (Å²) >= 11 is 7.06. The summed E-state index contributed by atoms with van der Waals surface area (Å²) in [5.74, 6) is -3.20. The molecule has 8 nitrogen and oxygen atoms in total. The Morgan fingerprint density at radius 2 is 1.61 bits per heavy atom. The van der Waals surface area contributed by atoms with Crippen molar-refractivity contribution in [1.82, 2.24) is 5.32 Å². The molecular weight excluding hydrogens is 641 g/mol. The van der Waals surface area contributed by atoms with E-state index in [9.17, 15) is 26.8 Å². The first kappa shape index (κ1) is 35.1. The molecule has 0 aliphatic carbocycles. The van der Waals surface area contributed by atoms with Gasteiger partial charge in [0.15, 0.2) is 0 Å². The lowest BCUT2D eigenvalue weighted by atomic mass is 10.0. The van der Waals surface area contributed by atoms with Crippen molar-refractivity contribution >= 4 is 51.1 Å². The molecule has 0 spiro atoms. The molecule has 0 unspecified atom stereocenters. The van der Waals surface area contributed by atoms with E-state index in [1.165, 1.54) is 43.3 Å². The maximum absolute atomic E-state index is 15.1. The summed E-state index contributed by atoms with van der Waals surface area (Å²) in [4.78, 5) is 24.4. The van der Waals surface area contributed by atoms with Gasteiger partial charge in [-0.3, -0.25) is 4.31 Å². The van der Waals surface area contributed by atoms with Crippen molar-refractivity contribution in [3.8, 4) is 0 Å². The van der Waals surface area contributed by atoms with Gasteiger partial charge >= 0.3 is 12.1 Å². The van der Waals surface area contributed by atoms with Gasteiger partial charge < -0.3 is 14.8 Å². The van der Waals surface area contributed by atoms with Gasteiger partial charge in [-0.05, 0) is 87.4 Å². The van der Waals surface area contributed by atoms with Gasteiger partial charge in [0.2, 0.25) is 0 Å².